The van der Waals surface area contributed by atoms with E-state index in [-0.39, 0.29) is 37.4 Å². The van der Waals surface area contributed by atoms with Gasteiger partial charge in [0.2, 0.25) is 6.79 Å². The first-order valence-corrected chi connectivity index (χ1v) is 18.2. The van der Waals surface area contributed by atoms with Crippen molar-refractivity contribution in [2.75, 3.05) is 50.8 Å². The lowest BCUT2D eigenvalue weighted by Gasteiger charge is -2.36. The number of hydrogen-bond donors (Lipinski definition) is 3. The van der Waals surface area contributed by atoms with E-state index in [4.69, 9.17) is 18.9 Å². The lowest BCUT2D eigenvalue weighted by molar-refractivity contribution is -0.0177. The van der Waals surface area contributed by atoms with Gasteiger partial charge < -0.3 is 39.6 Å². The van der Waals surface area contributed by atoms with E-state index in [2.05, 4.69) is 29.5 Å². The second kappa shape index (κ2) is 17.1. The molecule has 0 saturated carbocycles. The van der Waals surface area contributed by atoms with Crippen LogP contribution in [0, 0.1) is 5.92 Å². The van der Waals surface area contributed by atoms with Crippen LogP contribution in [0.2, 0.25) is 0 Å². The Morgan fingerprint density at radius 1 is 0.962 bits per heavy atom. The fourth-order valence-corrected chi connectivity index (χ4v) is 6.80. The molecule has 3 amide bonds. The molecule has 2 aliphatic rings. The summed E-state index contributed by atoms with van der Waals surface area (Å²) < 4.78 is 24.0. The number of aliphatic hydroxyl groups excluding tert-OH is 1. The van der Waals surface area contributed by atoms with Gasteiger partial charge in [0.1, 0.15) is 5.75 Å². The van der Waals surface area contributed by atoms with Gasteiger partial charge in [0, 0.05) is 43.2 Å². The van der Waals surface area contributed by atoms with Crippen LogP contribution in [0.15, 0.2) is 78.9 Å². The van der Waals surface area contributed by atoms with Crippen molar-refractivity contribution >= 4 is 34.1 Å². The molecule has 0 radical (unpaired) electrons. The molecule has 2 heterocycles. The number of nitrogens with zero attached hydrogens (tertiary/aromatic N) is 2. The Morgan fingerprint density at radius 3 is 2.60 bits per heavy atom. The number of carbonyl (C=O) groups is 2. The molecule has 0 saturated heterocycles. The minimum Gasteiger partial charge on any atom is -0.490 e. The van der Waals surface area contributed by atoms with Gasteiger partial charge >= 0.3 is 6.03 Å². The first-order chi connectivity index (χ1) is 25.2. The summed E-state index contributed by atoms with van der Waals surface area (Å²) in [4.78, 5) is 31.7. The summed E-state index contributed by atoms with van der Waals surface area (Å²) in [6, 6.07) is 23.8. The smallest absolute Gasteiger partial charge is 0.323 e. The van der Waals surface area contributed by atoms with E-state index in [9.17, 15) is 14.7 Å². The Labute approximate surface area is 305 Å². The maximum Gasteiger partial charge on any atom is 0.323 e. The highest BCUT2D eigenvalue weighted by Gasteiger charge is 2.30. The molecular weight excluding hydrogens is 660 g/mol. The maximum atomic E-state index is 14.5. The van der Waals surface area contributed by atoms with Crippen molar-refractivity contribution in [3.05, 3.63) is 90.0 Å². The fourth-order valence-electron chi connectivity index (χ4n) is 6.80. The van der Waals surface area contributed by atoms with Gasteiger partial charge in [-0.25, -0.2) is 4.79 Å². The van der Waals surface area contributed by atoms with Crippen molar-refractivity contribution in [1.82, 2.24) is 9.80 Å². The van der Waals surface area contributed by atoms with Crippen LogP contribution in [0.25, 0.3) is 10.8 Å². The highest BCUT2D eigenvalue weighted by molar-refractivity contribution is 6.07. The van der Waals surface area contributed by atoms with Crippen LogP contribution in [0.1, 0.15) is 56.0 Å². The molecule has 11 heteroatoms. The zero-order chi connectivity index (χ0) is 36.6. The summed E-state index contributed by atoms with van der Waals surface area (Å²) >= 11 is 0. The predicted octanol–water partition coefficient (Wildman–Crippen LogP) is 7.14. The highest BCUT2D eigenvalue weighted by atomic mass is 16.7. The van der Waals surface area contributed by atoms with E-state index >= 15 is 0 Å². The molecule has 0 aliphatic carbocycles. The number of aliphatic hydroxyl groups is 1. The second-order valence-electron chi connectivity index (χ2n) is 14.0. The van der Waals surface area contributed by atoms with Crippen molar-refractivity contribution in [1.29, 1.82) is 0 Å². The topological polar surface area (TPSA) is 122 Å². The van der Waals surface area contributed by atoms with Crippen LogP contribution in [0.5, 0.6) is 17.2 Å². The summed E-state index contributed by atoms with van der Waals surface area (Å²) in [6.45, 7) is 8.19. The van der Waals surface area contributed by atoms with Gasteiger partial charge in [0.25, 0.3) is 5.91 Å². The first-order valence-electron chi connectivity index (χ1n) is 18.2. The van der Waals surface area contributed by atoms with Crippen LogP contribution in [-0.2, 0) is 11.3 Å². The Balaban J connectivity index is 1.22. The molecule has 4 aromatic carbocycles. The van der Waals surface area contributed by atoms with Gasteiger partial charge in [-0.2, -0.15) is 0 Å². The normalized spacial score (nSPS) is 20.2. The third kappa shape index (κ3) is 9.14. The molecule has 4 atom stereocenters. The number of anilines is 2. The lowest BCUT2D eigenvalue weighted by atomic mass is 10.0. The molecule has 0 fully saturated rings. The second-order valence-corrected chi connectivity index (χ2v) is 14.0. The van der Waals surface area contributed by atoms with Crippen LogP contribution in [0.3, 0.4) is 0 Å². The number of amides is 3. The molecule has 11 nitrogen and oxygen atoms in total. The van der Waals surface area contributed by atoms with Crippen LogP contribution in [-0.4, -0.2) is 85.2 Å². The van der Waals surface area contributed by atoms with Crippen molar-refractivity contribution in [2.24, 2.45) is 5.92 Å². The molecule has 0 unspecified atom stereocenters. The lowest BCUT2D eigenvalue weighted by Crippen LogP contribution is -2.47. The molecule has 276 valence electrons. The average Bonchev–Trinajstić information content (AvgIpc) is 3.61. The number of rotatable bonds is 8. The predicted molar refractivity (Wildman–Crippen MR) is 202 cm³/mol. The number of ether oxygens (including phenoxy) is 4. The molecule has 6 rings (SSSR count). The van der Waals surface area contributed by atoms with Crippen LogP contribution < -0.4 is 24.8 Å². The number of likely N-dealkylation sites (N-methyl/N-ethyl adjacent to an activating group) is 1. The van der Waals surface area contributed by atoms with Gasteiger partial charge in [-0.1, -0.05) is 49.4 Å². The number of urea groups is 1. The van der Waals surface area contributed by atoms with Crippen molar-refractivity contribution in [3.8, 4) is 17.2 Å². The Kier molecular flexibility index (Phi) is 12.2. The standard InChI is InChI=1S/C41H50N4O7/c1-27-22-45(28(2)25-46)40(47)34-21-32(42-41(48)43-35-14-9-12-31-11-5-6-13-33(31)35)16-18-36(34)52-29(3)10-7-8-19-49-39(27)24-44(4)23-30-15-17-37-38(20-30)51-26-50-37/h5-6,9,11-18,20-21,27-29,39,46H,7-8,10,19,22-26H2,1-4H3,(H2,42,43,48)/t27-,28+,29-,39+/m1/s1. The molecule has 0 bridgehead atoms. The van der Waals surface area contributed by atoms with Crippen LogP contribution in [0.4, 0.5) is 16.2 Å². The van der Waals surface area contributed by atoms with Crippen molar-refractivity contribution in [3.63, 3.8) is 0 Å². The zero-order valence-electron chi connectivity index (χ0n) is 30.5. The molecule has 3 N–H and O–H groups in total. The summed E-state index contributed by atoms with van der Waals surface area (Å²) in [5.41, 5.74) is 2.54. The van der Waals surface area contributed by atoms with E-state index in [1.807, 2.05) is 74.5 Å². The first kappa shape index (κ1) is 36.9. The summed E-state index contributed by atoms with van der Waals surface area (Å²) in [5, 5.41) is 18.1. The summed E-state index contributed by atoms with van der Waals surface area (Å²) in [5.74, 6) is 1.58. The van der Waals surface area contributed by atoms with Gasteiger partial charge in [-0.05, 0) is 87.5 Å². The fraction of sp³-hybridized carbons (Fsp3) is 0.415. The number of carbonyl (C=O) groups excluding carboxylic acids is 2. The van der Waals surface area contributed by atoms with E-state index in [1.165, 1.54) is 0 Å². The Hall–Kier alpha value is -4.84. The average molecular weight is 711 g/mol. The largest absolute Gasteiger partial charge is 0.490 e. The van der Waals surface area contributed by atoms with Crippen LogP contribution >= 0.6 is 0 Å². The minimum absolute atomic E-state index is 0.0730. The van der Waals surface area contributed by atoms with E-state index in [0.29, 0.717) is 48.9 Å². The number of hydrogen-bond acceptors (Lipinski definition) is 8. The SMILES string of the molecule is C[C@@H]1CCCCO[C@@H](CN(C)Cc2ccc3c(c2)OCO3)[C@H](C)CN([C@@H](C)CO)C(=O)c2cc(NC(=O)Nc3cccc4ccccc34)ccc2O1. The third-order valence-corrected chi connectivity index (χ3v) is 9.73. The summed E-state index contributed by atoms with van der Waals surface area (Å²) in [6.07, 6.45) is 2.22. The number of fused-ring (bicyclic) bond motifs is 3. The number of nitrogens with one attached hydrogen (secondary N) is 2. The van der Waals surface area contributed by atoms with E-state index in [0.717, 1.165) is 47.1 Å². The van der Waals surface area contributed by atoms with Crippen molar-refractivity contribution < 1.29 is 33.6 Å². The molecule has 2 aliphatic heterocycles. The maximum absolute atomic E-state index is 14.5. The molecule has 0 spiro atoms. The molecule has 52 heavy (non-hydrogen) atoms. The van der Waals surface area contributed by atoms with E-state index < -0.39 is 12.1 Å². The molecule has 4 aromatic rings. The minimum atomic E-state index is -0.480. The van der Waals surface area contributed by atoms with Crippen molar-refractivity contribution in [2.45, 2.75) is 64.8 Å². The highest BCUT2D eigenvalue weighted by Crippen LogP contribution is 2.33. The molecular formula is C41H50N4O7. The van der Waals surface area contributed by atoms with Gasteiger partial charge in [-0.15, -0.1) is 0 Å². The third-order valence-electron chi connectivity index (χ3n) is 9.73. The van der Waals surface area contributed by atoms with Gasteiger partial charge in [0.15, 0.2) is 11.5 Å². The number of benzene rings is 4. The monoisotopic (exact) mass is 710 g/mol. The van der Waals surface area contributed by atoms with Gasteiger partial charge in [-0.3, -0.25) is 9.69 Å². The Morgan fingerprint density at radius 2 is 1.75 bits per heavy atom. The van der Waals surface area contributed by atoms with E-state index in [1.54, 1.807) is 23.1 Å². The zero-order valence-corrected chi connectivity index (χ0v) is 30.5. The summed E-state index contributed by atoms with van der Waals surface area (Å²) in [7, 11) is 2.06. The van der Waals surface area contributed by atoms with Gasteiger partial charge in [0.05, 0.1) is 36.1 Å². The quantitative estimate of drug-likeness (QED) is 0.177. The Bertz CT molecular complexity index is 1850. The molecule has 0 aromatic heterocycles.